The van der Waals surface area contributed by atoms with Crippen molar-refractivity contribution in [2.24, 2.45) is 0 Å². The van der Waals surface area contributed by atoms with E-state index in [4.69, 9.17) is 27.9 Å². The zero-order valence-electron chi connectivity index (χ0n) is 11.1. The Labute approximate surface area is 128 Å². The number of hydrogen-bond donors (Lipinski definition) is 0. The molecule has 112 valence electrons. The van der Waals surface area contributed by atoms with E-state index in [1.807, 2.05) is 6.92 Å². The Morgan fingerprint density at radius 2 is 1.95 bits per heavy atom. The van der Waals surface area contributed by atoms with Gasteiger partial charge in [-0.05, 0) is 24.6 Å². The number of carbonyl (C=O) groups excluding carboxylic acids is 1. The number of anilines is 1. The summed E-state index contributed by atoms with van der Waals surface area (Å²) in [6.45, 7) is 2.09. The molecule has 1 aromatic carbocycles. The number of carbonyl (C=O) groups is 1. The number of sulfonamides is 1. The zero-order valence-corrected chi connectivity index (χ0v) is 13.4. The van der Waals surface area contributed by atoms with E-state index in [1.165, 1.54) is 18.2 Å². The Morgan fingerprint density at radius 3 is 2.45 bits per heavy atom. The fourth-order valence-electron chi connectivity index (χ4n) is 1.41. The highest BCUT2D eigenvalue weighted by molar-refractivity contribution is 7.92. The van der Waals surface area contributed by atoms with Crippen LogP contribution in [0.3, 0.4) is 0 Å². The number of amides is 1. The van der Waals surface area contributed by atoms with Crippen LogP contribution in [0.25, 0.3) is 0 Å². The average Bonchev–Trinajstić information content (AvgIpc) is 2.32. The lowest BCUT2D eigenvalue weighted by Gasteiger charge is -2.20. The summed E-state index contributed by atoms with van der Waals surface area (Å²) in [5, 5.41) is 0.419. The Morgan fingerprint density at radius 1 is 1.30 bits per heavy atom. The molecule has 0 radical (unpaired) electrons. The smallest absolute Gasteiger partial charge is 0.428 e. The highest BCUT2D eigenvalue weighted by atomic mass is 35.5. The summed E-state index contributed by atoms with van der Waals surface area (Å²) >= 11 is 11.6. The molecule has 1 aromatic rings. The van der Waals surface area contributed by atoms with Gasteiger partial charge in [0.2, 0.25) is 10.0 Å². The summed E-state index contributed by atoms with van der Waals surface area (Å²) in [7, 11) is -3.83. The first-order valence-electron chi connectivity index (χ1n) is 5.89. The molecule has 1 amide bonds. The molecule has 0 heterocycles. The van der Waals surface area contributed by atoms with E-state index in [-0.39, 0.29) is 22.3 Å². The lowest BCUT2D eigenvalue weighted by Crippen LogP contribution is -2.36. The fraction of sp³-hybridized carbons (Fsp3) is 0.417. The number of benzene rings is 1. The van der Waals surface area contributed by atoms with Crippen LogP contribution in [-0.4, -0.2) is 27.4 Å². The van der Waals surface area contributed by atoms with Gasteiger partial charge in [-0.15, -0.1) is 0 Å². The van der Waals surface area contributed by atoms with Crippen molar-refractivity contribution in [1.29, 1.82) is 0 Å². The number of ether oxygens (including phenoxy) is 1. The number of nitrogens with zero attached hydrogens (tertiary/aromatic N) is 1. The first kappa shape index (κ1) is 17.1. The maximum absolute atomic E-state index is 11.9. The van der Waals surface area contributed by atoms with Crippen molar-refractivity contribution in [1.82, 2.24) is 0 Å². The van der Waals surface area contributed by atoms with E-state index in [1.54, 1.807) is 0 Å². The summed E-state index contributed by atoms with van der Waals surface area (Å²) in [5.74, 6) is 0. The average molecular weight is 340 g/mol. The van der Waals surface area contributed by atoms with Crippen molar-refractivity contribution < 1.29 is 17.9 Å². The number of halogens is 2. The molecule has 0 bridgehead atoms. The maximum atomic E-state index is 11.9. The van der Waals surface area contributed by atoms with Gasteiger partial charge in [0.1, 0.15) is 0 Å². The van der Waals surface area contributed by atoms with Gasteiger partial charge >= 0.3 is 6.09 Å². The van der Waals surface area contributed by atoms with Crippen LogP contribution >= 0.6 is 23.2 Å². The van der Waals surface area contributed by atoms with Crippen molar-refractivity contribution in [2.75, 3.05) is 17.2 Å². The molecule has 8 heteroatoms. The molecule has 0 unspecified atom stereocenters. The molecule has 1 rings (SSSR count). The SMILES string of the molecule is CCCCOC(=O)N(c1ccc(Cl)c(Cl)c1)S(C)(=O)=O. The summed E-state index contributed by atoms with van der Waals surface area (Å²) in [6, 6.07) is 4.10. The van der Waals surface area contributed by atoms with Gasteiger partial charge in [0, 0.05) is 0 Å². The predicted molar refractivity (Wildman–Crippen MR) is 80.0 cm³/mol. The second-order valence-corrected chi connectivity index (χ2v) is 6.74. The van der Waals surface area contributed by atoms with E-state index in [0.29, 0.717) is 10.7 Å². The molecule has 0 spiro atoms. The van der Waals surface area contributed by atoms with Gasteiger partial charge in [-0.3, -0.25) is 0 Å². The summed E-state index contributed by atoms with van der Waals surface area (Å²) in [5.41, 5.74) is 0.0865. The molecule has 0 aliphatic heterocycles. The highest BCUT2D eigenvalue weighted by Gasteiger charge is 2.27. The normalized spacial score (nSPS) is 11.2. The van der Waals surface area contributed by atoms with E-state index >= 15 is 0 Å². The van der Waals surface area contributed by atoms with Crippen LogP contribution in [-0.2, 0) is 14.8 Å². The molecule has 0 aliphatic rings. The van der Waals surface area contributed by atoms with Crippen LogP contribution in [0.15, 0.2) is 18.2 Å². The van der Waals surface area contributed by atoms with Gasteiger partial charge in [-0.1, -0.05) is 36.5 Å². The monoisotopic (exact) mass is 339 g/mol. The van der Waals surface area contributed by atoms with Crippen molar-refractivity contribution in [3.05, 3.63) is 28.2 Å². The third-order valence-electron chi connectivity index (χ3n) is 2.36. The van der Waals surface area contributed by atoms with E-state index < -0.39 is 16.1 Å². The second kappa shape index (κ2) is 7.15. The van der Waals surface area contributed by atoms with Gasteiger partial charge in [-0.2, -0.15) is 4.31 Å². The van der Waals surface area contributed by atoms with Gasteiger partial charge < -0.3 is 4.74 Å². The summed E-state index contributed by atoms with van der Waals surface area (Å²) < 4.78 is 29.0. The topological polar surface area (TPSA) is 63.7 Å². The molecule has 20 heavy (non-hydrogen) atoms. The summed E-state index contributed by atoms with van der Waals surface area (Å²) in [6.07, 6.45) is 1.44. The predicted octanol–water partition coefficient (Wildman–Crippen LogP) is 3.70. The standard InChI is InChI=1S/C12H15Cl2NO4S/c1-3-4-7-19-12(16)15(20(2,17)18)9-5-6-10(13)11(14)8-9/h5-6,8H,3-4,7H2,1-2H3. The number of rotatable bonds is 5. The van der Waals surface area contributed by atoms with Crippen molar-refractivity contribution in [2.45, 2.75) is 19.8 Å². The molecule has 0 saturated carbocycles. The van der Waals surface area contributed by atoms with Gasteiger partial charge in [-0.25, -0.2) is 13.2 Å². The van der Waals surface area contributed by atoms with Crippen LogP contribution in [0.2, 0.25) is 10.0 Å². The third-order valence-corrected chi connectivity index (χ3v) is 4.12. The zero-order chi connectivity index (χ0) is 15.3. The Hall–Kier alpha value is -0.980. The molecule has 0 saturated heterocycles. The fourth-order valence-corrected chi connectivity index (χ4v) is 2.52. The van der Waals surface area contributed by atoms with E-state index in [9.17, 15) is 13.2 Å². The van der Waals surface area contributed by atoms with Crippen LogP contribution in [0.1, 0.15) is 19.8 Å². The van der Waals surface area contributed by atoms with Crippen LogP contribution in [0, 0.1) is 0 Å². The molecule has 0 aromatic heterocycles. The Bertz CT molecular complexity index is 589. The van der Waals surface area contributed by atoms with E-state index in [0.717, 1.165) is 12.7 Å². The van der Waals surface area contributed by atoms with Gasteiger partial charge in [0.25, 0.3) is 0 Å². The van der Waals surface area contributed by atoms with Crippen LogP contribution in [0.5, 0.6) is 0 Å². The number of unbranched alkanes of at least 4 members (excludes halogenated alkanes) is 1. The third kappa shape index (κ3) is 4.54. The van der Waals surface area contributed by atoms with E-state index in [2.05, 4.69) is 0 Å². The first-order valence-corrected chi connectivity index (χ1v) is 8.50. The van der Waals surface area contributed by atoms with Crippen molar-refractivity contribution in [3.63, 3.8) is 0 Å². The van der Waals surface area contributed by atoms with Crippen molar-refractivity contribution in [3.8, 4) is 0 Å². The van der Waals surface area contributed by atoms with Gasteiger partial charge in [0.15, 0.2) is 0 Å². The molecule has 0 fully saturated rings. The largest absolute Gasteiger partial charge is 0.448 e. The molecule has 5 nitrogen and oxygen atoms in total. The van der Waals surface area contributed by atoms with Crippen molar-refractivity contribution >= 4 is 45.0 Å². The molecule has 0 atom stereocenters. The second-order valence-electron chi connectivity index (χ2n) is 4.09. The minimum absolute atomic E-state index is 0.0865. The first-order chi connectivity index (χ1) is 9.27. The number of hydrogen-bond acceptors (Lipinski definition) is 4. The minimum atomic E-state index is -3.83. The molecule has 0 N–H and O–H groups in total. The van der Waals surface area contributed by atoms with Gasteiger partial charge in [0.05, 0.1) is 28.6 Å². The Kier molecular flexibility index (Phi) is 6.10. The van der Waals surface area contributed by atoms with Crippen LogP contribution in [0.4, 0.5) is 10.5 Å². The molecular formula is C12H15Cl2NO4S. The molecule has 0 aliphatic carbocycles. The summed E-state index contributed by atoms with van der Waals surface area (Å²) in [4.78, 5) is 11.9. The minimum Gasteiger partial charge on any atom is -0.448 e. The lowest BCUT2D eigenvalue weighted by atomic mass is 10.3. The quantitative estimate of drug-likeness (QED) is 0.767. The lowest BCUT2D eigenvalue weighted by molar-refractivity contribution is 0.156. The van der Waals surface area contributed by atoms with Crippen LogP contribution < -0.4 is 4.31 Å². The maximum Gasteiger partial charge on any atom is 0.428 e. The highest BCUT2D eigenvalue weighted by Crippen LogP contribution is 2.28. The molecular weight excluding hydrogens is 325 g/mol. The Balaban J connectivity index is 3.07.